The molecule has 0 aromatic rings. The Balaban J connectivity index is 2.06. The van der Waals surface area contributed by atoms with E-state index in [0.29, 0.717) is 291 Å². The number of ether oxygens (including phenoxy) is 26. The molecule has 0 aromatic carbocycles. The number of imide groups is 1. The van der Waals surface area contributed by atoms with Crippen molar-refractivity contribution in [1.29, 1.82) is 0 Å². The van der Waals surface area contributed by atoms with E-state index < -0.39 is 35.8 Å². The highest BCUT2D eigenvalue weighted by Crippen LogP contribution is 2.09. The largest absolute Gasteiger partial charge is 0.394 e. The molecule has 0 saturated carbocycles. The van der Waals surface area contributed by atoms with E-state index in [1.165, 1.54) is 0 Å². The van der Waals surface area contributed by atoms with Crippen LogP contribution >= 0.6 is 0 Å². The standard InChI is InChI=1S/C64H121N3O31/c1-73-9-11-75-13-15-77-17-19-79-21-23-81-25-27-83-29-31-85-33-35-87-37-39-89-41-43-91-45-47-93-49-51-95-53-55-97-58-64(57-68,66-61(70)5-7-65-60(69)6-8-67-62(71)3-4-63(67)72)59-98-56-54-96-52-50-94-48-46-92-44-42-90-40-38-88-36-34-86-32-30-84-28-26-82-24-22-80-20-18-78-16-14-76-12-10-74-2/h3-4,68H,5-59H2,1-2H3,(H,65,69)(H,66,70). The number of amides is 4. The lowest BCUT2D eigenvalue weighted by atomic mass is 10.0. The molecular formula is C64H121N3O31. The zero-order chi connectivity index (χ0) is 70.5. The van der Waals surface area contributed by atoms with Crippen LogP contribution in [0.5, 0.6) is 0 Å². The molecule has 34 heteroatoms. The summed E-state index contributed by atoms with van der Waals surface area (Å²) >= 11 is 0. The van der Waals surface area contributed by atoms with Crippen LogP contribution in [0.1, 0.15) is 12.8 Å². The number of nitrogens with one attached hydrogen (secondary N) is 2. The van der Waals surface area contributed by atoms with Crippen LogP contribution in [-0.4, -0.2) is 403 Å². The van der Waals surface area contributed by atoms with Crippen molar-refractivity contribution in [3.63, 3.8) is 0 Å². The third-order valence-corrected chi connectivity index (χ3v) is 12.6. The average molecular weight is 1430 g/mol. The van der Waals surface area contributed by atoms with E-state index in [9.17, 15) is 24.3 Å². The van der Waals surface area contributed by atoms with E-state index in [4.69, 9.17) is 123 Å². The molecule has 0 radical (unpaired) electrons. The molecule has 0 aromatic heterocycles. The fourth-order valence-corrected chi connectivity index (χ4v) is 7.53. The van der Waals surface area contributed by atoms with Crippen molar-refractivity contribution in [2.24, 2.45) is 0 Å². The molecule has 3 N–H and O–H groups in total. The van der Waals surface area contributed by atoms with Gasteiger partial charge >= 0.3 is 0 Å². The van der Waals surface area contributed by atoms with Gasteiger partial charge in [-0.3, -0.25) is 24.1 Å². The Morgan fingerprint density at radius 1 is 0.306 bits per heavy atom. The number of carbonyl (C=O) groups is 4. The SMILES string of the molecule is COCCOCCOCCOCCOCCOCCOCCOCCOCCOCCOCCOCCOCC(CO)(COCCOCCOCCOCCOCCOCCOCCOCCOCCOCCOCCOCCOC)NC(=O)CCNC(=O)CCN1C(=O)C=CC1=O. The Kier molecular flexibility index (Phi) is 72.3. The summed E-state index contributed by atoms with van der Waals surface area (Å²) in [5.41, 5.74) is -1.34. The topological polar surface area (TPSA) is 356 Å². The number of rotatable bonds is 84. The second-order valence-electron chi connectivity index (χ2n) is 20.6. The van der Waals surface area contributed by atoms with Crippen molar-refractivity contribution in [2.75, 3.05) is 364 Å². The Labute approximate surface area is 579 Å². The van der Waals surface area contributed by atoms with Crippen LogP contribution in [0.4, 0.5) is 0 Å². The van der Waals surface area contributed by atoms with Gasteiger partial charge in [-0.2, -0.15) is 0 Å². The third kappa shape index (κ3) is 66.0. The first-order chi connectivity index (χ1) is 48.4. The number of hydrogen-bond donors (Lipinski definition) is 3. The van der Waals surface area contributed by atoms with Crippen LogP contribution in [0.3, 0.4) is 0 Å². The summed E-state index contributed by atoms with van der Waals surface area (Å²) in [7, 11) is 3.27. The Hall–Kier alpha value is -3.26. The maximum atomic E-state index is 13.1. The van der Waals surface area contributed by atoms with Gasteiger partial charge < -0.3 is 139 Å². The van der Waals surface area contributed by atoms with Gasteiger partial charge in [-0.25, -0.2) is 0 Å². The fraction of sp³-hybridized carbons (Fsp3) is 0.906. The smallest absolute Gasteiger partial charge is 0.253 e. The summed E-state index contributed by atoms with van der Waals surface area (Å²) in [5, 5.41) is 15.9. The molecule has 1 heterocycles. The summed E-state index contributed by atoms with van der Waals surface area (Å²) in [6.07, 6.45) is 2.02. The van der Waals surface area contributed by atoms with Gasteiger partial charge in [-0.15, -0.1) is 0 Å². The van der Waals surface area contributed by atoms with E-state index in [-0.39, 0.29) is 65.6 Å². The number of aliphatic hydroxyl groups excluding tert-OH is 1. The Bertz CT molecular complexity index is 1660. The molecule has 1 aliphatic heterocycles. The van der Waals surface area contributed by atoms with E-state index in [1.807, 2.05) is 0 Å². The lowest BCUT2D eigenvalue weighted by Crippen LogP contribution is -2.58. The Morgan fingerprint density at radius 3 is 0.694 bits per heavy atom. The van der Waals surface area contributed by atoms with E-state index >= 15 is 0 Å². The van der Waals surface area contributed by atoms with Crippen LogP contribution in [0.25, 0.3) is 0 Å². The molecular weight excluding hydrogens is 1310 g/mol. The lowest BCUT2D eigenvalue weighted by Gasteiger charge is -2.32. The summed E-state index contributed by atoms with van der Waals surface area (Å²) in [5.74, 6) is -1.91. The fourth-order valence-electron chi connectivity index (χ4n) is 7.53. The maximum absolute atomic E-state index is 13.1. The number of carbonyl (C=O) groups excluding carboxylic acids is 4. The maximum Gasteiger partial charge on any atom is 0.253 e. The van der Waals surface area contributed by atoms with Gasteiger partial charge in [-0.05, 0) is 0 Å². The van der Waals surface area contributed by atoms with Gasteiger partial charge in [0, 0.05) is 52.3 Å². The molecule has 0 fully saturated rings. The molecule has 0 bridgehead atoms. The first kappa shape index (κ1) is 92.8. The predicted octanol–water partition coefficient (Wildman–Crippen LogP) is -1.65. The van der Waals surface area contributed by atoms with Gasteiger partial charge in [0.2, 0.25) is 11.8 Å². The second kappa shape index (κ2) is 76.4. The highest BCUT2D eigenvalue weighted by molar-refractivity contribution is 6.13. The van der Waals surface area contributed by atoms with E-state index in [2.05, 4.69) is 10.6 Å². The molecule has 98 heavy (non-hydrogen) atoms. The lowest BCUT2D eigenvalue weighted by molar-refractivity contribution is -0.137. The number of hydrogen-bond acceptors (Lipinski definition) is 31. The van der Waals surface area contributed by atoms with E-state index in [1.54, 1.807) is 14.2 Å². The molecule has 4 amide bonds. The van der Waals surface area contributed by atoms with Gasteiger partial charge in [0.1, 0.15) is 5.54 Å². The van der Waals surface area contributed by atoms with Gasteiger partial charge in [0.25, 0.3) is 11.8 Å². The van der Waals surface area contributed by atoms with Crippen LogP contribution < -0.4 is 10.6 Å². The van der Waals surface area contributed by atoms with Gasteiger partial charge in [0.15, 0.2) is 0 Å². The summed E-state index contributed by atoms with van der Waals surface area (Å²) < 4.78 is 143. The zero-order valence-corrected chi connectivity index (χ0v) is 58.7. The van der Waals surface area contributed by atoms with Crippen LogP contribution in [0.15, 0.2) is 12.2 Å². The number of methoxy groups -OCH3 is 2. The molecule has 0 saturated heterocycles. The second-order valence-corrected chi connectivity index (χ2v) is 20.6. The molecule has 0 aliphatic carbocycles. The molecule has 0 unspecified atom stereocenters. The monoisotopic (exact) mass is 1430 g/mol. The molecule has 0 spiro atoms. The average Bonchev–Trinajstić information content (AvgIpc) is 1.82. The molecule has 34 nitrogen and oxygen atoms in total. The number of aliphatic hydroxyl groups is 1. The zero-order valence-electron chi connectivity index (χ0n) is 58.7. The van der Waals surface area contributed by atoms with Crippen LogP contribution in [0, 0.1) is 0 Å². The molecule has 1 aliphatic rings. The summed E-state index contributed by atoms with van der Waals surface area (Å²) in [6, 6.07) is 0. The van der Waals surface area contributed by atoms with Crippen molar-refractivity contribution in [2.45, 2.75) is 18.4 Å². The minimum Gasteiger partial charge on any atom is -0.394 e. The predicted molar refractivity (Wildman–Crippen MR) is 349 cm³/mol. The highest BCUT2D eigenvalue weighted by atomic mass is 16.6. The minimum absolute atomic E-state index is 0.0346. The quantitative estimate of drug-likeness (QED) is 0.0453. The molecule has 0 atom stereocenters. The summed E-state index contributed by atoms with van der Waals surface area (Å²) in [4.78, 5) is 50.1. The van der Waals surface area contributed by atoms with Crippen molar-refractivity contribution < 1.29 is 147 Å². The number of nitrogens with zero attached hydrogens (tertiary/aromatic N) is 1. The van der Waals surface area contributed by atoms with Crippen LogP contribution in [0.2, 0.25) is 0 Å². The first-order valence-electron chi connectivity index (χ1n) is 33.9. The van der Waals surface area contributed by atoms with Crippen molar-refractivity contribution in [1.82, 2.24) is 15.5 Å². The van der Waals surface area contributed by atoms with E-state index in [0.717, 1.165) is 17.1 Å². The third-order valence-electron chi connectivity index (χ3n) is 12.6. The summed E-state index contributed by atoms with van der Waals surface area (Å²) in [6.45, 7) is 19.8. The Morgan fingerprint density at radius 2 is 0.500 bits per heavy atom. The molecule has 1 rings (SSSR count). The minimum atomic E-state index is -1.34. The van der Waals surface area contributed by atoms with Crippen molar-refractivity contribution >= 4 is 23.6 Å². The normalized spacial score (nSPS) is 12.5. The highest BCUT2D eigenvalue weighted by Gasteiger charge is 2.32. The van der Waals surface area contributed by atoms with Crippen molar-refractivity contribution in [3.05, 3.63) is 12.2 Å². The van der Waals surface area contributed by atoms with Gasteiger partial charge in [0.05, 0.1) is 337 Å². The van der Waals surface area contributed by atoms with Crippen molar-refractivity contribution in [3.8, 4) is 0 Å². The van der Waals surface area contributed by atoms with Gasteiger partial charge in [-0.1, -0.05) is 0 Å². The first-order valence-corrected chi connectivity index (χ1v) is 33.9. The molecule has 578 valence electrons. The van der Waals surface area contributed by atoms with Crippen LogP contribution in [-0.2, 0) is 142 Å².